The normalized spacial score (nSPS) is 35.2. The number of carbonyl (C=O) groups excluding carboxylic acids is 1. The van der Waals surface area contributed by atoms with Crippen LogP contribution in [0.3, 0.4) is 0 Å². The molecule has 0 aromatic carbocycles. The van der Waals surface area contributed by atoms with E-state index in [0.29, 0.717) is 18.7 Å². The van der Waals surface area contributed by atoms with Crippen LogP contribution >= 0.6 is 0 Å². The Labute approximate surface area is 74.5 Å². The molecule has 0 aromatic heterocycles. The minimum absolute atomic E-state index is 0.0544. The van der Waals surface area contributed by atoms with Crippen LogP contribution in [0.2, 0.25) is 0 Å². The summed E-state index contributed by atoms with van der Waals surface area (Å²) in [6, 6.07) is 0. The van der Waals surface area contributed by atoms with Crippen molar-refractivity contribution in [2.45, 2.75) is 40.0 Å². The van der Waals surface area contributed by atoms with Crippen molar-refractivity contribution in [3.63, 3.8) is 0 Å². The van der Waals surface area contributed by atoms with E-state index < -0.39 is 0 Å². The number of ketones is 1. The molecule has 0 spiro atoms. The van der Waals surface area contributed by atoms with Gasteiger partial charge in [-0.25, -0.2) is 0 Å². The second-order valence-corrected chi connectivity index (χ2v) is 5.25. The largest absolute Gasteiger partial charge is 0.330 e. The molecule has 0 heterocycles. The van der Waals surface area contributed by atoms with Crippen LogP contribution in [0, 0.1) is 10.8 Å². The van der Waals surface area contributed by atoms with E-state index in [1.165, 1.54) is 0 Å². The molecule has 1 saturated carbocycles. The molecule has 2 nitrogen and oxygen atoms in total. The van der Waals surface area contributed by atoms with Gasteiger partial charge in [-0.2, -0.15) is 0 Å². The van der Waals surface area contributed by atoms with Gasteiger partial charge in [0.2, 0.25) is 0 Å². The Kier molecular flexibility index (Phi) is 2.30. The Hall–Kier alpha value is -0.370. The lowest BCUT2D eigenvalue weighted by Crippen LogP contribution is -2.40. The zero-order chi connectivity index (χ0) is 9.41. The molecule has 0 aromatic rings. The van der Waals surface area contributed by atoms with Crippen LogP contribution in [-0.4, -0.2) is 12.3 Å². The van der Waals surface area contributed by atoms with Crippen molar-refractivity contribution in [3.8, 4) is 0 Å². The Bertz CT molecular complexity index is 198. The molecule has 0 aliphatic heterocycles. The number of Topliss-reactive ketones (excluding diaryl/α,β-unsaturated/α-hetero) is 1. The Morgan fingerprint density at radius 1 is 1.33 bits per heavy atom. The maximum absolute atomic E-state index is 11.4. The summed E-state index contributed by atoms with van der Waals surface area (Å²) in [6.45, 7) is 7.05. The number of carbonyl (C=O) groups is 1. The lowest BCUT2D eigenvalue weighted by molar-refractivity contribution is -0.127. The second kappa shape index (κ2) is 2.84. The summed E-state index contributed by atoms with van der Waals surface area (Å²) < 4.78 is 0. The van der Waals surface area contributed by atoms with Gasteiger partial charge in [-0.05, 0) is 23.8 Å². The third kappa shape index (κ3) is 2.07. The summed E-state index contributed by atoms with van der Waals surface area (Å²) in [5.41, 5.74) is 5.88. The van der Waals surface area contributed by atoms with E-state index >= 15 is 0 Å². The topological polar surface area (TPSA) is 43.1 Å². The van der Waals surface area contributed by atoms with Gasteiger partial charge in [0.05, 0.1) is 0 Å². The van der Waals surface area contributed by atoms with Crippen molar-refractivity contribution in [3.05, 3.63) is 0 Å². The van der Waals surface area contributed by atoms with Crippen LogP contribution in [0.5, 0.6) is 0 Å². The average molecular weight is 169 g/mol. The average Bonchev–Trinajstić information content (AvgIpc) is 1.82. The first-order valence-corrected chi connectivity index (χ1v) is 4.59. The zero-order valence-corrected chi connectivity index (χ0v) is 8.31. The molecule has 1 fully saturated rings. The van der Waals surface area contributed by atoms with Gasteiger partial charge in [-0.3, -0.25) is 4.79 Å². The zero-order valence-electron chi connectivity index (χ0n) is 8.31. The van der Waals surface area contributed by atoms with Crippen molar-refractivity contribution < 1.29 is 4.79 Å². The molecular formula is C10H19NO. The van der Waals surface area contributed by atoms with Crippen LogP contribution < -0.4 is 5.73 Å². The molecule has 1 atom stereocenters. The molecule has 12 heavy (non-hydrogen) atoms. The van der Waals surface area contributed by atoms with E-state index in [-0.39, 0.29) is 10.8 Å². The van der Waals surface area contributed by atoms with Crippen LogP contribution in [-0.2, 0) is 4.79 Å². The maximum atomic E-state index is 11.4. The monoisotopic (exact) mass is 169 g/mol. The molecule has 2 N–H and O–H groups in total. The summed E-state index contributed by atoms with van der Waals surface area (Å²) in [7, 11) is 0. The summed E-state index contributed by atoms with van der Waals surface area (Å²) >= 11 is 0. The first-order valence-electron chi connectivity index (χ1n) is 4.59. The van der Waals surface area contributed by atoms with E-state index in [9.17, 15) is 4.79 Å². The summed E-state index contributed by atoms with van der Waals surface area (Å²) in [5, 5.41) is 0. The molecule has 1 aliphatic carbocycles. The van der Waals surface area contributed by atoms with E-state index in [4.69, 9.17) is 5.73 Å². The standard InChI is InChI=1S/C10H19NO/c1-9(2)4-8(12)5-10(3,6-9)7-11/h4-7,11H2,1-3H3. The molecule has 70 valence electrons. The first kappa shape index (κ1) is 9.72. The van der Waals surface area contributed by atoms with Gasteiger partial charge < -0.3 is 5.73 Å². The van der Waals surface area contributed by atoms with Crippen LogP contribution in [0.4, 0.5) is 0 Å². The van der Waals surface area contributed by atoms with Crippen molar-refractivity contribution in [2.24, 2.45) is 16.6 Å². The Balaban J connectivity index is 2.76. The maximum Gasteiger partial charge on any atom is 0.134 e. The molecule has 1 rings (SSSR count). The van der Waals surface area contributed by atoms with Crippen molar-refractivity contribution in [1.82, 2.24) is 0 Å². The Morgan fingerprint density at radius 2 is 1.92 bits per heavy atom. The molecule has 2 heteroatoms. The van der Waals surface area contributed by atoms with Crippen LogP contribution in [0.15, 0.2) is 0 Å². The molecular weight excluding hydrogens is 150 g/mol. The molecule has 1 unspecified atom stereocenters. The van der Waals surface area contributed by atoms with E-state index in [1.807, 2.05) is 0 Å². The van der Waals surface area contributed by atoms with Crippen LogP contribution in [0.1, 0.15) is 40.0 Å². The lowest BCUT2D eigenvalue weighted by atomic mass is 9.64. The fourth-order valence-corrected chi connectivity index (χ4v) is 2.50. The highest BCUT2D eigenvalue weighted by atomic mass is 16.1. The highest BCUT2D eigenvalue weighted by molar-refractivity contribution is 5.80. The van der Waals surface area contributed by atoms with Gasteiger partial charge in [0, 0.05) is 12.8 Å². The van der Waals surface area contributed by atoms with E-state index in [1.54, 1.807) is 0 Å². The smallest absolute Gasteiger partial charge is 0.134 e. The van der Waals surface area contributed by atoms with Crippen LogP contribution in [0.25, 0.3) is 0 Å². The molecule has 0 radical (unpaired) electrons. The molecule has 0 amide bonds. The minimum atomic E-state index is 0.0544. The van der Waals surface area contributed by atoms with Gasteiger partial charge in [-0.15, -0.1) is 0 Å². The predicted molar refractivity (Wildman–Crippen MR) is 49.8 cm³/mol. The number of rotatable bonds is 1. The predicted octanol–water partition coefficient (Wildman–Crippen LogP) is 1.73. The second-order valence-electron chi connectivity index (χ2n) is 5.25. The van der Waals surface area contributed by atoms with Gasteiger partial charge in [0.25, 0.3) is 0 Å². The van der Waals surface area contributed by atoms with Crippen molar-refractivity contribution >= 4 is 5.78 Å². The fourth-order valence-electron chi connectivity index (χ4n) is 2.50. The highest BCUT2D eigenvalue weighted by Gasteiger charge is 2.39. The third-order valence-corrected chi connectivity index (χ3v) is 2.70. The van der Waals surface area contributed by atoms with Gasteiger partial charge in [-0.1, -0.05) is 20.8 Å². The quantitative estimate of drug-likeness (QED) is 0.649. The van der Waals surface area contributed by atoms with Crippen molar-refractivity contribution in [2.75, 3.05) is 6.54 Å². The van der Waals surface area contributed by atoms with Crippen molar-refractivity contribution in [1.29, 1.82) is 0 Å². The minimum Gasteiger partial charge on any atom is -0.330 e. The fraction of sp³-hybridized carbons (Fsp3) is 0.900. The highest BCUT2D eigenvalue weighted by Crippen LogP contribution is 2.43. The first-order chi connectivity index (χ1) is 5.37. The molecule has 0 bridgehead atoms. The summed E-state index contributed by atoms with van der Waals surface area (Å²) in [5.74, 6) is 0.374. The molecule has 0 saturated heterocycles. The summed E-state index contributed by atoms with van der Waals surface area (Å²) in [6.07, 6.45) is 2.47. The number of hydrogen-bond acceptors (Lipinski definition) is 2. The summed E-state index contributed by atoms with van der Waals surface area (Å²) in [4.78, 5) is 11.4. The number of hydrogen-bond donors (Lipinski definition) is 1. The number of nitrogens with two attached hydrogens (primary N) is 1. The Morgan fingerprint density at radius 3 is 2.33 bits per heavy atom. The van der Waals surface area contributed by atoms with Gasteiger partial charge in [0.15, 0.2) is 0 Å². The van der Waals surface area contributed by atoms with Gasteiger partial charge in [0.1, 0.15) is 5.78 Å². The third-order valence-electron chi connectivity index (χ3n) is 2.70. The van der Waals surface area contributed by atoms with Gasteiger partial charge >= 0.3 is 0 Å². The van der Waals surface area contributed by atoms with E-state index in [2.05, 4.69) is 20.8 Å². The molecule has 1 aliphatic rings. The van der Waals surface area contributed by atoms with E-state index in [0.717, 1.165) is 12.8 Å². The lowest BCUT2D eigenvalue weighted by Gasteiger charge is -2.41. The SMILES string of the molecule is CC1(C)CC(=O)CC(C)(CN)C1.